The summed E-state index contributed by atoms with van der Waals surface area (Å²) in [5.41, 5.74) is 10.3. The Bertz CT molecular complexity index is 898. The van der Waals surface area contributed by atoms with Gasteiger partial charge in [-0.2, -0.15) is 0 Å². The summed E-state index contributed by atoms with van der Waals surface area (Å²) in [6.07, 6.45) is -0.621. The van der Waals surface area contributed by atoms with Crippen LogP contribution in [0.3, 0.4) is 0 Å². The van der Waals surface area contributed by atoms with Gasteiger partial charge in [0.05, 0.1) is 31.5 Å². The Morgan fingerprint density at radius 2 is 2.07 bits per heavy atom. The molecule has 148 valence electrons. The van der Waals surface area contributed by atoms with E-state index in [4.69, 9.17) is 15.0 Å². The Morgan fingerprint density at radius 1 is 1.29 bits per heavy atom. The number of carbonyl (C=O) groups is 1. The Labute approximate surface area is 161 Å². The van der Waals surface area contributed by atoms with Crippen molar-refractivity contribution in [3.8, 4) is 11.5 Å². The third kappa shape index (κ3) is 5.28. The van der Waals surface area contributed by atoms with E-state index in [1.54, 1.807) is 25.1 Å². The molecule has 28 heavy (non-hydrogen) atoms. The number of benzene rings is 2. The molecular weight excluding hydrogens is 367 g/mol. The van der Waals surface area contributed by atoms with E-state index in [1.165, 1.54) is 19.2 Å². The van der Waals surface area contributed by atoms with Gasteiger partial charge in [0.1, 0.15) is 23.9 Å². The number of hydrogen-bond acceptors (Lipinski definition) is 5. The van der Waals surface area contributed by atoms with E-state index in [1.807, 2.05) is 6.92 Å². The second-order valence-corrected chi connectivity index (χ2v) is 5.72. The van der Waals surface area contributed by atoms with Gasteiger partial charge in [0.25, 0.3) is 0 Å². The molecule has 2 aromatic rings. The maximum Gasteiger partial charge on any atom is 0.411 e. The van der Waals surface area contributed by atoms with Crippen LogP contribution in [0.5, 0.6) is 11.5 Å². The van der Waals surface area contributed by atoms with Gasteiger partial charge in [-0.25, -0.2) is 9.18 Å². The molecule has 2 aromatic carbocycles. The van der Waals surface area contributed by atoms with Crippen molar-refractivity contribution in [3.05, 3.63) is 63.3 Å². The highest BCUT2D eigenvalue weighted by Gasteiger charge is 2.15. The number of nitrogens with zero attached hydrogens (tertiary/aromatic N) is 3. The van der Waals surface area contributed by atoms with Crippen LogP contribution in [0.1, 0.15) is 23.6 Å². The van der Waals surface area contributed by atoms with Crippen molar-refractivity contribution in [2.75, 3.05) is 19.0 Å². The summed E-state index contributed by atoms with van der Waals surface area (Å²) in [5, 5.41) is 6.01. The van der Waals surface area contributed by atoms with E-state index < -0.39 is 11.9 Å². The predicted octanol–water partition coefficient (Wildman–Crippen LogP) is 5.10. The van der Waals surface area contributed by atoms with Gasteiger partial charge in [-0.05, 0) is 54.8 Å². The monoisotopic (exact) mass is 388 g/mol. The summed E-state index contributed by atoms with van der Waals surface area (Å²) in [7, 11) is 1.27. The third-order valence-electron chi connectivity index (χ3n) is 3.88. The van der Waals surface area contributed by atoms with Gasteiger partial charge in [0, 0.05) is 4.91 Å². The summed E-state index contributed by atoms with van der Waals surface area (Å²) in [5.74, 6) is 0.505. The number of methoxy groups -OCH3 is 1. The van der Waals surface area contributed by atoms with Gasteiger partial charge < -0.3 is 14.2 Å². The quantitative estimate of drug-likeness (QED) is 0.386. The van der Waals surface area contributed by atoms with Gasteiger partial charge in [0.15, 0.2) is 0 Å². The maximum atomic E-state index is 14.0. The second kappa shape index (κ2) is 10.0. The molecule has 0 spiro atoms. The molecule has 9 heteroatoms. The molecule has 8 nitrogen and oxygen atoms in total. The molecule has 0 atom stereocenters. The van der Waals surface area contributed by atoms with E-state index in [0.717, 1.165) is 0 Å². The fourth-order valence-electron chi connectivity index (χ4n) is 2.51. The van der Waals surface area contributed by atoms with Crippen molar-refractivity contribution >= 4 is 11.8 Å². The minimum atomic E-state index is -0.621. The van der Waals surface area contributed by atoms with Crippen molar-refractivity contribution < 1.29 is 23.4 Å². The summed E-state index contributed by atoms with van der Waals surface area (Å²) < 4.78 is 30.1. The fourth-order valence-corrected chi connectivity index (χ4v) is 2.51. The zero-order chi connectivity index (χ0) is 20.5. The van der Waals surface area contributed by atoms with Crippen LogP contribution in [0.25, 0.3) is 10.4 Å². The first-order valence-electron chi connectivity index (χ1n) is 8.52. The molecule has 0 unspecified atom stereocenters. The minimum Gasteiger partial charge on any atom is -0.493 e. The lowest BCUT2D eigenvalue weighted by Crippen LogP contribution is -2.14. The SMILES string of the molecule is CCOc1cccc(NC(=O)OC)c1COc1cc(CN=[N+]=[N-])c(F)cc1C. The van der Waals surface area contributed by atoms with Crippen molar-refractivity contribution in [2.24, 2.45) is 5.11 Å². The predicted molar refractivity (Wildman–Crippen MR) is 102 cm³/mol. The third-order valence-corrected chi connectivity index (χ3v) is 3.88. The fraction of sp³-hybridized carbons (Fsp3) is 0.316. The van der Waals surface area contributed by atoms with Crippen LogP contribution in [-0.2, 0) is 17.9 Å². The molecule has 2 rings (SSSR count). The number of amides is 1. The molecule has 0 saturated carbocycles. The van der Waals surface area contributed by atoms with Crippen molar-refractivity contribution in [3.63, 3.8) is 0 Å². The summed E-state index contributed by atoms with van der Waals surface area (Å²) in [6.45, 7) is 3.92. The first-order chi connectivity index (χ1) is 13.5. The zero-order valence-electron chi connectivity index (χ0n) is 15.9. The lowest BCUT2D eigenvalue weighted by molar-refractivity contribution is 0.187. The first-order valence-corrected chi connectivity index (χ1v) is 8.52. The summed E-state index contributed by atoms with van der Waals surface area (Å²) in [6, 6.07) is 8.01. The Morgan fingerprint density at radius 3 is 2.75 bits per heavy atom. The van der Waals surface area contributed by atoms with Crippen LogP contribution in [-0.4, -0.2) is 19.8 Å². The molecule has 0 radical (unpaired) electrons. The van der Waals surface area contributed by atoms with Crippen molar-refractivity contribution in [1.82, 2.24) is 0 Å². The van der Waals surface area contributed by atoms with Gasteiger partial charge in [-0.1, -0.05) is 11.2 Å². The van der Waals surface area contributed by atoms with Gasteiger partial charge in [-0.3, -0.25) is 5.32 Å². The Balaban J connectivity index is 2.32. The van der Waals surface area contributed by atoms with Gasteiger partial charge >= 0.3 is 6.09 Å². The molecule has 0 aliphatic rings. The van der Waals surface area contributed by atoms with Crippen molar-refractivity contribution in [1.29, 1.82) is 0 Å². The first kappa shape index (κ1) is 20.9. The van der Waals surface area contributed by atoms with E-state index in [9.17, 15) is 9.18 Å². The van der Waals surface area contributed by atoms with Crippen LogP contribution in [0, 0.1) is 12.7 Å². The second-order valence-electron chi connectivity index (χ2n) is 5.72. The number of halogens is 1. The highest BCUT2D eigenvalue weighted by molar-refractivity contribution is 5.86. The topological polar surface area (TPSA) is 106 Å². The molecule has 0 bridgehead atoms. The van der Waals surface area contributed by atoms with E-state index in [-0.39, 0.29) is 18.7 Å². The van der Waals surface area contributed by atoms with Crippen LogP contribution in [0.15, 0.2) is 35.4 Å². The van der Waals surface area contributed by atoms with E-state index in [0.29, 0.717) is 34.9 Å². The van der Waals surface area contributed by atoms with Crippen LogP contribution in [0.2, 0.25) is 0 Å². The highest BCUT2D eigenvalue weighted by atomic mass is 19.1. The van der Waals surface area contributed by atoms with Crippen molar-refractivity contribution in [2.45, 2.75) is 27.0 Å². The number of rotatable bonds is 8. The molecular formula is C19H21FN4O4. The van der Waals surface area contributed by atoms with Gasteiger partial charge in [0.2, 0.25) is 0 Å². The lowest BCUT2D eigenvalue weighted by Gasteiger charge is -2.17. The smallest absolute Gasteiger partial charge is 0.411 e. The molecule has 0 fully saturated rings. The van der Waals surface area contributed by atoms with Crippen LogP contribution < -0.4 is 14.8 Å². The van der Waals surface area contributed by atoms with E-state index >= 15 is 0 Å². The lowest BCUT2D eigenvalue weighted by atomic mass is 10.1. The maximum absolute atomic E-state index is 14.0. The minimum absolute atomic E-state index is 0.0585. The molecule has 0 saturated heterocycles. The Hall–Kier alpha value is -3.45. The number of carbonyl (C=O) groups excluding carboxylic acids is 1. The number of anilines is 1. The number of azide groups is 1. The molecule has 0 aliphatic heterocycles. The number of hydrogen-bond donors (Lipinski definition) is 1. The highest BCUT2D eigenvalue weighted by Crippen LogP contribution is 2.30. The number of ether oxygens (including phenoxy) is 3. The standard InChI is InChI=1S/C19H21FN4O4/c1-4-27-17-7-5-6-16(23-19(25)26-3)14(17)11-28-18-9-13(10-22-24-21)15(20)8-12(18)2/h5-9H,4,10-11H2,1-3H3,(H,23,25). The molecule has 0 aromatic heterocycles. The van der Waals surface area contributed by atoms with Crippen LogP contribution >= 0.6 is 0 Å². The molecule has 1 amide bonds. The zero-order valence-corrected chi connectivity index (χ0v) is 15.9. The largest absolute Gasteiger partial charge is 0.493 e. The molecule has 0 heterocycles. The van der Waals surface area contributed by atoms with Crippen LogP contribution in [0.4, 0.5) is 14.9 Å². The average Bonchev–Trinajstić information content (AvgIpc) is 2.68. The molecule has 1 N–H and O–H groups in total. The average molecular weight is 388 g/mol. The Kier molecular flexibility index (Phi) is 7.47. The normalized spacial score (nSPS) is 10.0. The number of aryl methyl sites for hydroxylation is 1. The number of nitrogens with one attached hydrogen (secondary N) is 1. The van der Waals surface area contributed by atoms with Gasteiger partial charge in [-0.15, -0.1) is 0 Å². The molecule has 0 aliphatic carbocycles. The summed E-state index contributed by atoms with van der Waals surface area (Å²) >= 11 is 0. The summed E-state index contributed by atoms with van der Waals surface area (Å²) in [4.78, 5) is 14.3. The van der Waals surface area contributed by atoms with E-state index in [2.05, 4.69) is 20.1 Å².